The van der Waals surface area contributed by atoms with Gasteiger partial charge in [-0.2, -0.15) is 0 Å². The van der Waals surface area contributed by atoms with Gasteiger partial charge in [0.05, 0.1) is 19.7 Å². The average molecular weight is 423 g/mol. The van der Waals surface area contributed by atoms with Crippen molar-refractivity contribution in [2.75, 3.05) is 30.9 Å². The summed E-state index contributed by atoms with van der Waals surface area (Å²) in [6, 6.07) is 9.36. The van der Waals surface area contributed by atoms with Crippen molar-refractivity contribution in [3.05, 3.63) is 66.8 Å². The Balaban J connectivity index is 2.04. The first-order valence-electron chi connectivity index (χ1n) is 8.38. The molecule has 0 saturated heterocycles. The van der Waals surface area contributed by atoms with Gasteiger partial charge >= 0.3 is 5.69 Å². The molecule has 0 spiro atoms. The van der Waals surface area contributed by atoms with Crippen molar-refractivity contribution < 1.29 is 4.74 Å². The molecule has 0 bridgehead atoms. The second-order valence-corrected chi connectivity index (χ2v) is 7.33. The van der Waals surface area contributed by atoms with E-state index in [0.717, 1.165) is 17.1 Å². The van der Waals surface area contributed by atoms with Crippen LogP contribution in [0.4, 0.5) is 11.5 Å². The molecule has 2 aromatic heterocycles. The average Bonchev–Trinajstić information content (AvgIpc) is 3.08. The number of H-pyrrole nitrogens is 1. The zero-order valence-electron chi connectivity index (χ0n) is 15.1. The van der Waals surface area contributed by atoms with Crippen LogP contribution in [0.3, 0.4) is 0 Å². The minimum Gasteiger partial charge on any atom is -0.383 e. The number of aromatic amines is 1. The number of benzene rings is 1. The Hall–Kier alpha value is -2.69. The van der Waals surface area contributed by atoms with E-state index in [2.05, 4.69) is 14.6 Å². The Kier molecular flexibility index (Phi) is 6.45. The highest BCUT2D eigenvalue weighted by Crippen LogP contribution is 2.23. The molecular formula is C17H19ClN6O3S. The largest absolute Gasteiger partial charge is 0.383 e. The van der Waals surface area contributed by atoms with Crippen molar-refractivity contribution in [1.82, 2.24) is 19.1 Å². The highest BCUT2D eigenvalue weighted by Gasteiger charge is 2.21. The Morgan fingerprint density at radius 1 is 1.32 bits per heavy atom. The van der Waals surface area contributed by atoms with Gasteiger partial charge in [0.1, 0.15) is 21.5 Å². The molecule has 11 heteroatoms. The topological polar surface area (TPSA) is 119 Å². The third-order valence-electron chi connectivity index (χ3n) is 4.13. The third-order valence-corrected chi connectivity index (χ3v) is 5.11. The molecule has 1 aromatic carbocycles. The predicted molar refractivity (Wildman–Crippen MR) is 109 cm³/mol. The molecule has 3 N–H and O–H groups in total. The Bertz CT molecular complexity index is 1050. The number of hydrogen-bond donors (Lipinski definition) is 2. The van der Waals surface area contributed by atoms with Crippen molar-refractivity contribution in [2.24, 2.45) is 0 Å². The molecule has 28 heavy (non-hydrogen) atoms. The second-order valence-electron chi connectivity index (χ2n) is 5.97. The number of halogens is 1. The summed E-state index contributed by atoms with van der Waals surface area (Å²) in [5, 5.41) is 3.99. The molecule has 0 aliphatic heterocycles. The van der Waals surface area contributed by atoms with Gasteiger partial charge in [0.15, 0.2) is 0 Å². The lowest BCUT2D eigenvalue weighted by Gasteiger charge is -2.25. The monoisotopic (exact) mass is 422 g/mol. The number of ether oxygens (including phenoxy) is 1. The number of hydrogen-bond acceptors (Lipinski definition) is 8. The highest BCUT2D eigenvalue weighted by molar-refractivity contribution is 7.10. The van der Waals surface area contributed by atoms with Gasteiger partial charge in [-0.15, -0.1) is 5.10 Å². The molecule has 0 unspecified atom stereocenters. The van der Waals surface area contributed by atoms with Crippen molar-refractivity contribution in [3.63, 3.8) is 0 Å². The summed E-state index contributed by atoms with van der Waals surface area (Å²) < 4.78 is 10.7. The molecule has 0 aliphatic rings. The third kappa shape index (κ3) is 4.41. The number of nitrogens with one attached hydrogen (secondary N) is 1. The number of aromatic nitrogens is 4. The molecule has 2 heterocycles. The van der Waals surface area contributed by atoms with E-state index in [1.165, 1.54) is 4.57 Å². The van der Waals surface area contributed by atoms with Crippen LogP contribution in [0, 0.1) is 0 Å². The minimum absolute atomic E-state index is 0.0630. The van der Waals surface area contributed by atoms with Crippen LogP contribution in [-0.2, 0) is 17.8 Å². The number of anilines is 2. The van der Waals surface area contributed by atoms with Gasteiger partial charge in [-0.05, 0) is 5.56 Å². The van der Waals surface area contributed by atoms with E-state index in [0.29, 0.717) is 23.2 Å². The summed E-state index contributed by atoms with van der Waals surface area (Å²) in [7, 11) is 1.56. The summed E-state index contributed by atoms with van der Waals surface area (Å²) in [5.74, 6) is 0.0630. The van der Waals surface area contributed by atoms with Gasteiger partial charge in [-0.1, -0.05) is 46.4 Å². The molecule has 0 atom stereocenters. The number of nitrogens with zero attached hydrogens (tertiary/aromatic N) is 4. The summed E-state index contributed by atoms with van der Waals surface area (Å²) >= 11 is 7.17. The lowest BCUT2D eigenvalue weighted by molar-refractivity contribution is 0.205. The first-order valence-corrected chi connectivity index (χ1v) is 9.53. The van der Waals surface area contributed by atoms with Crippen molar-refractivity contribution in [1.29, 1.82) is 0 Å². The number of rotatable bonds is 8. The molecule has 3 rings (SSSR count). The Labute approximate surface area is 169 Å². The fraction of sp³-hybridized carbons (Fsp3) is 0.294. The van der Waals surface area contributed by atoms with Crippen LogP contribution >= 0.6 is 23.1 Å². The zero-order valence-corrected chi connectivity index (χ0v) is 16.7. The SMILES string of the molecule is COCCN(Cc1nnsc1Cl)c1c(N)n(Cc2ccccc2)c(=O)[nH]c1=O. The zero-order chi connectivity index (χ0) is 20.1. The van der Waals surface area contributed by atoms with Crippen molar-refractivity contribution in [2.45, 2.75) is 13.1 Å². The Morgan fingerprint density at radius 3 is 2.71 bits per heavy atom. The first kappa shape index (κ1) is 20.1. The van der Waals surface area contributed by atoms with E-state index in [-0.39, 0.29) is 24.6 Å². The van der Waals surface area contributed by atoms with E-state index >= 15 is 0 Å². The summed E-state index contributed by atoms with van der Waals surface area (Å²) in [6.45, 7) is 1.12. The smallest absolute Gasteiger partial charge is 0.330 e. The van der Waals surface area contributed by atoms with Crippen LogP contribution in [0.2, 0.25) is 4.34 Å². The fourth-order valence-corrected chi connectivity index (χ4v) is 3.36. The maximum Gasteiger partial charge on any atom is 0.330 e. The molecule has 0 aliphatic carbocycles. The van der Waals surface area contributed by atoms with E-state index in [1.807, 2.05) is 30.3 Å². The Morgan fingerprint density at radius 2 is 2.07 bits per heavy atom. The lowest BCUT2D eigenvalue weighted by Crippen LogP contribution is -2.39. The predicted octanol–water partition coefficient (Wildman–Crippen LogP) is 1.33. The van der Waals surface area contributed by atoms with Gasteiger partial charge in [0.2, 0.25) is 0 Å². The fourth-order valence-electron chi connectivity index (χ4n) is 2.75. The standard InChI is InChI=1S/C17H19ClN6O3S/c1-27-8-7-23(10-12-14(18)28-22-21-12)13-15(19)24(17(26)20-16(13)25)9-11-5-3-2-4-6-11/h2-6H,7-10,19H2,1H3,(H,20,25,26). The molecular weight excluding hydrogens is 404 g/mol. The van der Waals surface area contributed by atoms with Gasteiger partial charge in [-0.25, -0.2) is 4.79 Å². The minimum atomic E-state index is -0.581. The number of methoxy groups -OCH3 is 1. The van der Waals surface area contributed by atoms with E-state index in [1.54, 1.807) is 12.0 Å². The van der Waals surface area contributed by atoms with E-state index < -0.39 is 11.2 Å². The summed E-state index contributed by atoms with van der Waals surface area (Å²) in [5.41, 5.74) is 6.67. The second kappa shape index (κ2) is 9.00. The molecule has 9 nitrogen and oxygen atoms in total. The lowest BCUT2D eigenvalue weighted by atomic mass is 10.2. The van der Waals surface area contributed by atoms with E-state index in [9.17, 15) is 9.59 Å². The molecule has 148 valence electrons. The highest BCUT2D eigenvalue weighted by atomic mass is 35.5. The van der Waals surface area contributed by atoms with Gasteiger partial charge in [0.25, 0.3) is 5.56 Å². The quantitative estimate of drug-likeness (QED) is 0.561. The molecule has 0 radical (unpaired) electrons. The maximum atomic E-state index is 12.6. The van der Waals surface area contributed by atoms with Crippen molar-refractivity contribution in [3.8, 4) is 0 Å². The van der Waals surface area contributed by atoms with Crippen LogP contribution < -0.4 is 21.9 Å². The number of nitrogens with two attached hydrogens (primary N) is 1. The molecule has 0 amide bonds. The molecule has 0 saturated carbocycles. The first-order chi connectivity index (χ1) is 13.5. The van der Waals surface area contributed by atoms with Gasteiger partial charge in [0, 0.05) is 25.2 Å². The normalized spacial score (nSPS) is 10.9. The molecule has 3 aromatic rings. The van der Waals surface area contributed by atoms with Crippen LogP contribution in [0.5, 0.6) is 0 Å². The van der Waals surface area contributed by atoms with Crippen LogP contribution in [-0.4, -0.2) is 39.4 Å². The molecule has 0 fully saturated rings. The van der Waals surface area contributed by atoms with Gasteiger partial charge < -0.3 is 15.4 Å². The summed E-state index contributed by atoms with van der Waals surface area (Å²) in [4.78, 5) is 29.0. The number of nitrogen functional groups attached to an aromatic ring is 1. The maximum absolute atomic E-state index is 12.6. The van der Waals surface area contributed by atoms with Crippen molar-refractivity contribution >= 4 is 34.6 Å². The van der Waals surface area contributed by atoms with Crippen LogP contribution in [0.15, 0.2) is 39.9 Å². The van der Waals surface area contributed by atoms with Gasteiger partial charge in [-0.3, -0.25) is 14.3 Å². The van der Waals surface area contributed by atoms with E-state index in [4.69, 9.17) is 22.1 Å². The summed E-state index contributed by atoms with van der Waals surface area (Å²) in [6.07, 6.45) is 0. The van der Waals surface area contributed by atoms with Crippen LogP contribution in [0.1, 0.15) is 11.3 Å². The van der Waals surface area contributed by atoms with Crippen LogP contribution in [0.25, 0.3) is 0 Å².